The number of benzene rings is 1. The standard InChI is InChI=1S/C18H25NO4/c1-5-6-12-22-16(20)15(13-14-10-8-7-9-11-14)19-17(21)23-18(2,3)4/h5,7-11,15H,1,6,12-13H2,2-4H3,(H,19,21)/t15-/m0/s1. The Morgan fingerprint density at radius 3 is 2.48 bits per heavy atom. The summed E-state index contributed by atoms with van der Waals surface area (Å²) in [4.78, 5) is 24.1. The van der Waals surface area contributed by atoms with Crippen LogP contribution in [-0.2, 0) is 20.7 Å². The van der Waals surface area contributed by atoms with Gasteiger partial charge in [-0.25, -0.2) is 9.59 Å². The van der Waals surface area contributed by atoms with Crippen molar-refractivity contribution in [2.24, 2.45) is 0 Å². The Labute approximate surface area is 137 Å². The zero-order valence-electron chi connectivity index (χ0n) is 14.0. The lowest BCUT2D eigenvalue weighted by atomic mass is 10.1. The molecule has 1 N–H and O–H groups in total. The lowest BCUT2D eigenvalue weighted by Gasteiger charge is -2.23. The number of nitrogens with one attached hydrogen (secondary N) is 1. The van der Waals surface area contributed by atoms with E-state index in [9.17, 15) is 9.59 Å². The van der Waals surface area contributed by atoms with Gasteiger partial charge in [0.05, 0.1) is 6.61 Å². The van der Waals surface area contributed by atoms with Crippen molar-refractivity contribution in [3.8, 4) is 0 Å². The molecule has 1 amide bonds. The van der Waals surface area contributed by atoms with Crippen molar-refractivity contribution in [2.75, 3.05) is 6.61 Å². The molecule has 1 atom stereocenters. The predicted molar refractivity (Wildman–Crippen MR) is 89.1 cm³/mol. The van der Waals surface area contributed by atoms with Gasteiger partial charge < -0.3 is 14.8 Å². The van der Waals surface area contributed by atoms with Gasteiger partial charge in [0.2, 0.25) is 0 Å². The maximum atomic E-state index is 12.2. The quantitative estimate of drug-likeness (QED) is 0.476. The maximum absolute atomic E-state index is 12.2. The van der Waals surface area contributed by atoms with Crippen LogP contribution in [0.25, 0.3) is 0 Å². The highest BCUT2D eigenvalue weighted by molar-refractivity contribution is 5.81. The molecule has 0 spiro atoms. The lowest BCUT2D eigenvalue weighted by Crippen LogP contribution is -2.45. The first-order valence-corrected chi connectivity index (χ1v) is 7.63. The number of esters is 1. The van der Waals surface area contributed by atoms with E-state index in [-0.39, 0.29) is 6.61 Å². The van der Waals surface area contributed by atoms with Crippen LogP contribution in [0, 0.1) is 0 Å². The molecule has 0 radical (unpaired) electrons. The minimum Gasteiger partial charge on any atom is -0.464 e. The topological polar surface area (TPSA) is 64.6 Å². The molecule has 0 saturated carbocycles. The fraction of sp³-hybridized carbons (Fsp3) is 0.444. The summed E-state index contributed by atoms with van der Waals surface area (Å²) < 4.78 is 10.4. The van der Waals surface area contributed by atoms with Gasteiger partial charge in [-0.05, 0) is 32.8 Å². The second-order valence-corrected chi connectivity index (χ2v) is 6.13. The van der Waals surface area contributed by atoms with E-state index in [0.717, 1.165) is 5.56 Å². The van der Waals surface area contributed by atoms with Crippen LogP contribution in [0.1, 0.15) is 32.8 Å². The molecule has 0 heterocycles. The van der Waals surface area contributed by atoms with Crippen LogP contribution in [0.5, 0.6) is 0 Å². The Balaban J connectivity index is 2.73. The first kappa shape index (κ1) is 18.7. The van der Waals surface area contributed by atoms with Gasteiger partial charge in [0.25, 0.3) is 0 Å². The smallest absolute Gasteiger partial charge is 0.408 e. The first-order chi connectivity index (χ1) is 10.8. The summed E-state index contributed by atoms with van der Waals surface area (Å²) in [7, 11) is 0. The summed E-state index contributed by atoms with van der Waals surface area (Å²) in [6.07, 6.45) is 1.93. The Morgan fingerprint density at radius 1 is 1.26 bits per heavy atom. The number of amides is 1. The van der Waals surface area contributed by atoms with Crippen LogP contribution in [0.4, 0.5) is 4.79 Å². The highest BCUT2D eigenvalue weighted by atomic mass is 16.6. The molecule has 0 aromatic heterocycles. The third-order valence-electron chi connectivity index (χ3n) is 2.82. The minimum atomic E-state index is -0.794. The number of ether oxygens (including phenoxy) is 2. The van der Waals surface area contributed by atoms with Crippen molar-refractivity contribution in [3.63, 3.8) is 0 Å². The molecule has 0 saturated heterocycles. The molecule has 23 heavy (non-hydrogen) atoms. The second kappa shape index (κ2) is 8.98. The van der Waals surface area contributed by atoms with Crippen molar-refractivity contribution in [3.05, 3.63) is 48.6 Å². The lowest BCUT2D eigenvalue weighted by molar-refractivity contribution is -0.146. The summed E-state index contributed by atoms with van der Waals surface area (Å²) in [5, 5.41) is 2.59. The molecule has 1 aromatic carbocycles. The molecule has 126 valence electrons. The molecule has 5 nitrogen and oxygen atoms in total. The number of rotatable bonds is 7. The summed E-state index contributed by atoms with van der Waals surface area (Å²) in [5.74, 6) is -0.485. The van der Waals surface area contributed by atoms with E-state index in [0.29, 0.717) is 12.8 Å². The molecular weight excluding hydrogens is 294 g/mol. The van der Waals surface area contributed by atoms with Crippen LogP contribution in [-0.4, -0.2) is 30.3 Å². The van der Waals surface area contributed by atoms with E-state index in [2.05, 4.69) is 11.9 Å². The SMILES string of the molecule is C=CCCOC(=O)[C@H](Cc1ccccc1)NC(=O)OC(C)(C)C. The van der Waals surface area contributed by atoms with Crippen molar-refractivity contribution >= 4 is 12.1 Å². The third-order valence-corrected chi connectivity index (χ3v) is 2.82. The molecule has 0 aliphatic carbocycles. The average molecular weight is 319 g/mol. The van der Waals surface area contributed by atoms with Crippen LogP contribution >= 0.6 is 0 Å². The second-order valence-electron chi connectivity index (χ2n) is 6.13. The number of alkyl carbamates (subject to hydrolysis) is 1. The molecule has 1 aromatic rings. The Kier molecular flexibility index (Phi) is 7.32. The predicted octanol–water partition coefficient (Wildman–Crippen LogP) is 3.24. The number of carbonyl (C=O) groups excluding carboxylic acids is 2. The summed E-state index contributed by atoms with van der Waals surface area (Å²) >= 11 is 0. The van der Waals surface area contributed by atoms with Crippen molar-refractivity contribution in [1.29, 1.82) is 0 Å². The van der Waals surface area contributed by atoms with Crippen LogP contribution in [0.15, 0.2) is 43.0 Å². The van der Waals surface area contributed by atoms with Gasteiger partial charge in [-0.3, -0.25) is 0 Å². The fourth-order valence-corrected chi connectivity index (χ4v) is 1.84. The van der Waals surface area contributed by atoms with Crippen LogP contribution in [0.2, 0.25) is 0 Å². The Morgan fingerprint density at radius 2 is 1.91 bits per heavy atom. The molecule has 5 heteroatoms. The fourth-order valence-electron chi connectivity index (χ4n) is 1.84. The van der Waals surface area contributed by atoms with Crippen molar-refractivity contribution in [2.45, 2.75) is 45.3 Å². The van der Waals surface area contributed by atoms with E-state index < -0.39 is 23.7 Å². The van der Waals surface area contributed by atoms with Crippen LogP contribution < -0.4 is 5.32 Å². The van der Waals surface area contributed by atoms with Gasteiger partial charge >= 0.3 is 12.1 Å². The number of hydrogen-bond donors (Lipinski definition) is 1. The monoisotopic (exact) mass is 319 g/mol. The molecule has 1 rings (SSSR count). The van der Waals surface area contributed by atoms with Crippen LogP contribution in [0.3, 0.4) is 0 Å². The molecule has 0 fully saturated rings. The third kappa shape index (κ3) is 8.04. The van der Waals surface area contributed by atoms with E-state index in [1.165, 1.54) is 0 Å². The molecular formula is C18H25NO4. The molecule has 0 bridgehead atoms. The molecule has 0 unspecified atom stereocenters. The number of hydrogen-bond acceptors (Lipinski definition) is 4. The van der Waals surface area contributed by atoms with Gasteiger partial charge in [-0.1, -0.05) is 36.4 Å². The highest BCUT2D eigenvalue weighted by Gasteiger charge is 2.25. The zero-order chi connectivity index (χ0) is 17.3. The highest BCUT2D eigenvalue weighted by Crippen LogP contribution is 2.09. The van der Waals surface area contributed by atoms with E-state index >= 15 is 0 Å². The van der Waals surface area contributed by atoms with E-state index in [1.54, 1.807) is 26.8 Å². The summed E-state index contributed by atoms with van der Waals surface area (Å²) in [5.41, 5.74) is 0.294. The van der Waals surface area contributed by atoms with Gasteiger partial charge in [0, 0.05) is 6.42 Å². The van der Waals surface area contributed by atoms with Crippen molar-refractivity contribution in [1.82, 2.24) is 5.32 Å². The molecule has 0 aliphatic heterocycles. The number of carbonyl (C=O) groups is 2. The average Bonchev–Trinajstić information content (AvgIpc) is 2.46. The van der Waals surface area contributed by atoms with Gasteiger partial charge in [-0.2, -0.15) is 0 Å². The minimum absolute atomic E-state index is 0.240. The summed E-state index contributed by atoms with van der Waals surface area (Å²) in [6, 6.07) is 8.63. The normalized spacial score (nSPS) is 12.1. The summed E-state index contributed by atoms with van der Waals surface area (Å²) in [6.45, 7) is 9.11. The first-order valence-electron chi connectivity index (χ1n) is 7.63. The van der Waals surface area contributed by atoms with Gasteiger partial charge in [0.1, 0.15) is 11.6 Å². The molecule has 0 aliphatic rings. The zero-order valence-corrected chi connectivity index (χ0v) is 14.0. The van der Waals surface area contributed by atoms with E-state index in [1.807, 2.05) is 30.3 Å². The van der Waals surface area contributed by atoms with Gasteiger partial charge in [-0.15, -0.1) is 6.58 Å². The maximum Gasteiger partial charge on any atom is 0.408 e. The Hall–Kier alpha value is -2.30. The van der Waals surface area contributed by atoms with E-state index in [4.69, 9.17) is 9.47 Å². The van der Waals surface area contributed by atoms with Gasteiger partial charge in [0.15, 0.2) is 0 Å². The van der Waals surface area contributed by atoms with Crippen molar-refractivity contribution < 1.29 is 19.1 Å². The largest absolute Gasteiger partial charge is 0.464 e. The Bertz CT molecular complexity index is 520.